The number of ether oxygens (including phenoxy) is 1. The van der Waals surface area contributed by atoms with E-state index in [-0.39, 0.29) is 11.7 Å². The summed E-state index contributed by atoms with van der Waals surface area (Å²) in [4.78, 5) is 19.4. The standard InChI is InChI=1S/C22H23N3O3/c1-27-19-10-6-5-9-18(19)22-23-20(28-24-22)15-25-13-11-17(12-14-25)21(26)16-7-3-2-4-8-16/h2-10,17H,11-15H2,1H3. The van der Waals surface area contributed by atoms with Crippen molar-refractivity contribution in [1.82, 2.24) is 15.0 Å². The van der Waals surface area contributed by atoms with Crippen LogP contribution in [0.25, 0.3) is 11.4 Å². The van der Waals surface area contributed by atoms with Crippen LogP contribution in [-0.2, 0) is 6.54 Å². The molecule has 0 radical (unpaired) electrons. The summed E-state index contributed by atoms with van der Waals surface area (Å²) in [7, 11) is 1.63. The Hall–Kier alpha value is -2.99. The Morgan fingerprint density at radius 1 is 1.11 bits per heavy atom. The van der Waals surface area contributed by atoms with E-state index < -0.39 is 0 Å². The van der Waals surface area contributed by atoms with E-state index in [0.717, 1.165) is 42.8 Å². The monoisotopic (exact) mass is 377 g/mol. The zero-order valence-electron chi connectivity index (χ0n) is 15.9. The fraction of sp³-hybridized carbons (Fsp3) is 0.318. The predicted octanol–water partition coefficient (Wildman–Crippen LogP) is 3.84. The van der Waals surface area contributed by atoms with Crippen molar-refractivity contribution in [3.8, 4) is 17.1 Å². The fourth-order valence-electron chi connectivity index (χ4n) is 3.64. The first-order chi connectivity index (χ1) is 13.7. The van der Waals surface area contributed by atoms with Gasteiger partial charge in [0.05, 0.1) is 19.2 Å². The van der Waals surface area contributed by atoms with Gasteiger partial charge in [0.15, 0.2) is 5.78 Å². The van der Waals surface area contributed by atoms with Crippen LogP contribution >= 0.6 is 0 Å². The maximum atomic E-state index is 12.6. The molecule has 0 unspecified atom stereocenters. The Morgan fingerprint density at radius 2 is 1.82 bits per heavy atom. The molecular weight excluding hydrogens is 354 g/mol. The number of methoxy groups -OCH3 is 1. The highest BCUT2D eigenvalue weighted by molar-refractivity contribution is 5.97. The predicted molar refractivity (Wildman–Crippen MR) is 105 cm³/mol. The molecule has 0 saturated carbocycles. The lowest BCUT2D eigenvalue weighted by Gasteiger charge is -2.30. The number of carbonyl (C=O) groups excluding carboxylic acids is 1. The van der Waals surface area contributed by atoms with Crippen molar-refractivity contribution in [1.29, 1.82) is 0 Å². The molecule has 0 N–H and O–H groups in total. The van der Waals surface area contributed by atoms with Crippen LogP contribution in [0.1, 0.15) is 29.1 Å². The number of benzene rings is 2. The van der Waals surface area contributed by atoms with E-state index in [9.17, 15) is 4.79 Å². The van der Waals surface area contributed by atoms with Crippen LogP contribution in [0, 0.1) is 5.92 Å². The highest BCUT2D eigenvalue weighted by Gasteiger charge is 2.26. The molecule has 6 nitrogen and oxygen atoms in total. The van der Waals surface area contributed by atoms with Crippen LogP contribution in [0.15, 0.2) is 59.1 Å². The van der Waals surface area contributed by atoms with Crippen LogP contribution in [-0.4, -0.2) is 41.0 Å². The zero-order valence-corrected chi connectivity index (χ0v) is 15.9. The summed E-state index contributed by atoms with van der Waals surface area (Å²) in [6.45, 7) is 2.28. The molecule has 1 saturated heterocycles. The number of hydrogen-bond donors (Lipinski definition) is 0. The van der Waals surface area contributed by atoms with Crippen molar-refractivity contribution in [3.63, 3.8) is 0 Å². The van der Waals surface area contributed by atoms with Gasteiger partial charge in [0, 0.05) is 11.5 Å². The lowest BCUT2D eigenvalue weighted by molar-refractivity contribution is 0.0825. The van der Waals surface area contributed by atoms with Gasteiger partial charge in [0.2, 0.25) is 11.7 Å². The van der Waals surface area contributed by atoms with E-state index in [4.69, 9.17) is 9.26 Å². The summed E-state index contributed by atoms with van der Waals surface area (Å²) in [5.41, 5.74) is 1.62. The van der Waals surface area contributed by atoms with Crippen LogP contribution in [0.3, 0.4) is 0 Å². The second kappa shape index (κ2) is 8.35. The maximum absolute atomic E-state index is 12.6. The van der Waals surface area contributed by atoms with E-state index in [1.54, 1.807) is 7.11 Å². The summed E-state index contributed by atoms with van der Waals surface area (Å²) >= 11 is 0. The second-order valence-electron chi connectivity index (χ2n) is 6.99. The first-order valence-corrected chi connectivity index (χ1v) is 9.52. The van der Waals surface area contributed by atoms with Crippen molar-refractivity contribution in [3.05, 3.63) is 66.1 Å². The number of Topliss-reactive ketones (excluding diaryl/α,β-unsaturated/α-hetero) is 1. The van der Waals surface area contributed by atoms with Gasteiger partial charge in [0.25, 0.3) is 0 Å². The minimum atomic E-state index is 0.0884. The lowest BCUT2D eigenvalue weighted by atomic mass is 9.89. The SMILES string of the molecule is COc1ccccc1-c1noc(CN2CCC(C(=O)c3ccccc3)CC2)n1. The maximum Gasteiger partial charge on any atom is 0.241 e. The quantitative estimate of drug-likeness (QED) is 0.608. The van der Waals surface area contributed by atoms with Gasteiger partial charge in [-0.15, -0.1) is 0 Å². The number of para-hydroxylation sites is 1. The molecule has 1 fully saturated rings. The number of rotatable bonds is 6. The zero-order chi connectivity index (χ0) is 19.3. The highest BCUT2D eigenvalue weighted by Crippen LogP contribution is 2.28. The minimum absolute atomic E-state index is 0.0884. The number of hydrogen-bond acceptors (Lipinski definition) is 6. The number of nitrogens with zero attached hydrogens (tertiary/aromatic N) is 3. The third-order valence-electron chi connectivity index (χ3n) is 5.19. The molecule has 28 heavy (non-hydrogen) atoms. The Kier molecular flexibility index (Phi) is 5.48. The van der Waals surface area contributed by atoms with E-state index in [1.165, 1.54) is 0 Å². The first kappa shape index (κ1) is 18.4. The Labute approximate surface area is 164 Å². The van der Waals surface area contributed by atoms with Crippen molar-refractivity contribution >= 4 is 5.78 Å². The van der Waals surface area contributed by atoms with E-state index in [2.05, 4.69) is 15.0 Å². The van der Waals surface area contributed by atoms with Gasteiger partial charge in [-0.3, -0.25) is 9.69 Å². The number of ketones is 1. The molecule has 0 aliphatic carbocycles. The van der Waals surface area contributed by atoms with Crippen LogP contribution in [0.4, 0.5) is 0 Å². The molecular formula is C22H23N3O3. The Bertz CT molecular complexity index is 931. The van der Waals surface area contributed by atoms with Crippen molar-refractivity contribution in [2.45, 2.75) is 19.4 Å². The first-order valence-electron chi connectivity index (χ1n) is 9.52. The molecule has 1 aliphatic rings. The number of aromatic nitrogens is 2. The van der Waals surface area contributed by atoms with Crippen LogP contribution in [0.5, 0.6) is 5.75 Å². The molecule has 6 heteroatoms. The molecule has 1 aromatic heterocycles. The third-order valence-corrected chi connectivity index (χ3v) is 5.19. The van der Waals surface area contributed by atoms with Gasteiger partial charge in [0.1, 0.15) is 5.75 Å². The fourth-order valence-corrected chi connectivity index (χ4v) is 3.64. The highest BCUT2D eigenvalue weighted by atomic mass is 16.5. The molecule has 0 bridgehead atoms. The molecule has 1 aliphatic heterocycles. The normalized spacial score (nSPS) is 15.5. The summed E-state index contributed by atoms with van der Waals surface area (Å²) < 4.78 is 10.8. The minimum Gasteiger partial charge on any atom is -0.496 e. The largest absolute Gasteiger partial charge is 0.496 e. The molecule has 0 atom stereocenters. The van der Waals surface area contributed by atoms with Gasteiger partial charge in [-0.05, 0) is 38.1 Å². The average Bonchev–Trinajstić information content (AvgIpc) is 3.22. The van der Waals surface area contributed by atoms with Gasteiger partial charge >= 0.3 is 0 Å². The summed E-state index contributed by atoms with van der Waals surface area (Å²) in [5, 5.41) is 4.10. The lowest BCUT2D eigenvalue weighted by Crippen LogP contribution is -2.36. The smallest absolute Gasteiger partial charge is 0.241 e. The van der Waals surface area contributed by atoms with Crippen LogP contribution < -0.4 is 4.74 Å². The van der Waals surface area contributed by atoms with Crippen molar-refractivity contribution < 1.29 is 14.1 Å². The van der Waals surface area contributed by atoms with E-state index >= 15 is 0 Å². The van der Waals surface area contributed by atoms with Crippen molar-refractivity contribution in [2.24, 2.45) is 5.92 Å². The molecule has 2 aromatic carbocycles. The average molecular weight is 377 g/mol. The van der Waals surface area contributed by atoms with Gasteiger partial charge in [-0.2, -0.15) is 4.98 Å². The van der Waals surface area contributed by atoms with Gasteiger partial charge < -0.3 is 9.26 Å². The molecule has 0 spiro atoms. The Balaban J connectivity index is 1.36. The number of likely N-dealkylation sites (tertiary alicyclic amines) is 1. The second-order valence-corrected chi connectivity index (χ2v) is 6.99. The van der Waals surface area contributed by atoms with E-state index in [0.29, 0.717) is 18.3 Å². The topological polar surface area (TPSA) is 68.5 Å². The third kappa shape index (κ3) is 3.97. The number of carbonyl (C=O) groups is 1. The summed E-state index contributed by atoms with van der Waals surface area (Å²) in [6.07, 6.45) is 1.70. The van der Waals surface area contributed by atoms with Gasteiger partial charge in [-0.1, -0.05) is 47.6 Å². The summed E-state index contributed by atoms with van der Waals surface area (Å²) in [5.74, 6) is 2.16. The molecule has 4 rings (SSSR count). The van der Waals surface area contributed by atoms with Gasteiger partial charge in [-0.25, -0.2) is 0 Å². The molecule has 144 valence electrons. The number of piperidine rings is 1. The van der Waals surface area contributed by atoms with Crippen LogP contribution in [0.2, 0.25) is 0 Å². The molecule has 0 amide bonds. The summed E-state index contributed by atoms with van der Waals surface area (Å²) in [6, 6.07) is 17.2. The van der Waals surface area contributed by atoms with E-state index in [1.807, 2.05) is 54.6 Å². The Morgan fingerprint density at radius 3 is 2.57 bits per heavy atom. The molecule has 3 aromatic rings. The molecule has 2 heterocycles. The van der Waals surface area contributed by atoms with Crippen molar-refractivity contribution in [2.75, 3.05) is 20.2 Å².